The van der Waals surface area contributed by atoms with Crippen LogP contribution in [0.5, 0.6) is 0 Å². The van der Waals surface area contributed by atoms with Crippen molar-refractivity contribution in [1.82, 2.24) is 0 Å². The summed E-state index contributed by atoms with van der Waals surface area (Å²) < 4.78 is 0. The Hall–Kier alpha value is -0.260. The van der Waals surface area contributed by atoms with Gasteiger partial charge in [-0.1, -0.05) is 32.4 Å². The second-order valence-corrected chi connectivity index (χ2v) is 6.80. The van der Waals surface area contributed by atoms with Gasteiger partial charge in [-0.25, -0.2) is 0 Å². The van der Waals surface area contributed by atoms with E-state index in [4.69, 9.17) is 0 Å². The van der Waals surface area contributed by atoms with E-state index in [2.05, 4.69) is 33.8 Å². The molecule has 0 spiro atoms. The van der Waals surface area contributed by atoms with Gasteiger partial charge in [0, 0.05) is 0 Å². The summed E-state index contributed by atoms with van der Waals surface area (Å²) in [6.07, 6.45) is 6.90. The summed E-state index contributed by atoms with van der Waals surface area (Å²) in [7, 11) is 0. The minimum atomic E-state index is 0.703. The first-order valence-electron chi connectivity index (χ1n) is 6.72. The van der Waals surface area contributed by atoms with Crippen LogP contribution in [0, 0.1) is 35.0 Å². The molecule has 0 aromatic carbocycles. The molecule has 5 atom stereocenters. The fourth-order valence-electron chi connectivity index (χ4n) is 5.25. The minimum Gasteiger partial charge on any atom is -0.0850 e. The standard InChI is InChI=1S/C15H24/c1-9(2)11-7-8-15(4)12-6-5-10(3)14(15)13(11)12/h5,9,11-14H,6-8H2,1-4H3/t11-,12+,13-,14?,15-/m0/s1. The van der Waals surface area contributed by atoms with Gasteiger partial charge < -0.3 is 0 Å². The van der Waals surface area contributed by atoms with Crippen molar-refractivity contribution in [3.8, 4) is 0 Å². The highest BCUT2D eigenvalue weighted by atomic mass is 14.7. The summed E-state index contributed by atoms with van der Waals surface area (Å²) in [5, 5.41) is 0. The number of hydrogen-bond donors (Lipinski definition) is 0. The van der Waals surface area contributed by atoms with E-state index in [0.29, 0.717) is 5.41 Å². The Morgan fingerprint density at radius 2 is 2.13 bits per heavy atom. The Kier molecular flexibility index (Phi) is 1.92. The SMILES string of the molecule is CC1=CC[C@@H]2[C@H]3C1[C@@]2(C)CC[C@H]3C(C)C. The average Bonchev–Trinajstić information content (AvgIpc) is 2.17. The molecule has 0 amide bonds. The second-order valence-electron chi connectivity index (χ2n) is 6.80. The molecule has 4 aliphatic rings. The van der Waals surface area contributed by atoms with Crippen molar-refractivity contribution in [2.24, 2.45) is 35.0 Å². The Bertz CT molecular complexity index is 312. The predicted octanol–water partition coefficient (Wildman–Crippen LogP) is 4.27. The lowest BCUT2D eigenvalue weighted by molar-refractivity contribution is -0.181. The molecule has 0 radical (unpaired) electrons. The van der Waals surface area contributed by atoms with Crippen molar-refractivity contribution in [3.05, 3.63) is 11.6 Å². The highest BCUT2D eigenvalue weighted by Gasteiger charge is 2.64. The van der Waals surface area contributed by atoms with Gasteiger partial charge in [-0.3, -0.25) is 0 Å². The highest BCUT2D eigenvalue weighted by Crippen LogP contribution is 2.71. The molecule has 1 unspecified atom stereocenters. The third kappa shape index (κ3) is 1.04. The third-order valence-corrected chi connectivity index (χ3v) is 5.96. The van der Waals surface area contributed by atoms with Gasteiger partial charge in [0.05, 0.1) is 0 Å². The molecule has 0 N–H and O–H groups in total. The molecule has 0 saturated heterocycles. The van der Waals surface area contributed by atoms with Crippen molar-refractivity contribution in [1.29, 1.82) is 0 Å². The Morgan fingerprint density at radius 1 is 1.40 bits per heavy atom. The fraction of sp³-hybridized carbons (Fsp3) is 0.867. The topological polar surface area (TPSA) is 0 Å². The van der Waals surface area contributed by atoms with E-state index in [-0.39, 0.29) is 0 Å². The van der Waals surface area contributed by atoms with Crippen LogP contribution < -0.4 is 0 Å². The summed E-state index contributed by atoms with van der Waals surface area (Å²) in [6.45, 7) is 9.81. The van der Waals surface area contributed by atoms with E-state index in [1.807, 2.05) is 0 Å². The number of rotatable bonds is 1. The first kappa shape index (κ1) is 9.93. The molecule has 0 aromatic heterocycles. The van der Waals surface area contributed by atoms with Crippen molar-refractivity contribution in [2.75, 3.05) is 0 Å². The van der Waals surface area contributed by atoms with Crippen molar-refractivity contribution in [2.45, 2.75) is 47.0 Å². The molecular weight excluding hydrogens is 180 g/mol. The Morgan fingerprint density at radius 3 is 2.73 bits per heavy atom. The summed E-state index contributed by atoms with van der Waals surface area (Å²) in [4.78, 5) is 0. The molecule has 2 saturated carbocycles. The zero-order valence-electron chi connectivity index (χ0n) is 10.6. The van der Waals surface area contributed by atoms with Gasteiger partial charge in [-0.15, -0.1) is 0 Å². The van der Waals surface area contributed by atoms with Gasteiger partial charge in [-0.05, 0) is 61.2 Å². The van der Waals surface area contributed by atoms with Crippen LogP contribution in [0.25, 0.3) is 0 Å². The zero-order valence-corrected chi connectivity index (χ0v) is 10.6. The van der Waals surface area contributed by atoms with Crippen molar-refractivity contribution < 1.29 is 0 Å². The molecule has 0 heteroatoms. The number of hydrogen-bond acceptors (Lipinski definition) is 0. The lowest BCUT2D eigenvalue weighted by Gasteiger charge is -2.70. The smallest absolute Gasteiger partial charge is 0.0115 e. The van der Waals surface area contributed by atoms with Gasteiger partial charge in [-0.2, -0.15) is 0 Å². The Labute approximate surface area is 94.1 Å². The average molecular weight is 204 g/mol. The van der Waals surface area contributed by atoms with E-state index in [0.717, 1.165) is 29.6 Å². The summed E-state index contributed by atoms with van der Waals surface area (Å²) >= 11 is 0. The maximum atomic E-state index is 2.56. The van der Waals surface area contributed by atoms with Crippen molar-refractivity contribution in [3.63, 3.8) is 0 Å². The van der Waals surface area contributed by atoms with E-state index in [1.54, 1.807) is 5.57 Å². The molecule has 0 heterocycles. The number of fused-ring (bicyclic) bond motifs is 1. The lowest BCUT2D eigenvalue weighted by Crippen LogP contribution is -2.63. The van der Waals surface area contributed by atoms with Gasteiger partial charge in [0.25, 0.3) is 0 Å². The quantitative estimate of drug-likeness (QED) is 0.559. The monoisotopic (exact) mass is 204 g/mol. The van der Waals surface area contributed by atoms with E-state index in [1.165, 1.54) is 19.3 Å². The largest absolute Gasteiger partial charge is 0.0850 e. The first-order valence-corrected chi connectivity index (χ1v) is 6.72. The van der Waals surface area contributed by atoms with Gasteiger partial charge in [0.1, 0.15) is 0 Å². The minimum absolute atomic E-state index is 0.703. The third-order valence-electron chi connectivity index (χ3n) is 5.96. The first-order chi connectivity index (χ1) is 7.05. The molecule has 4 rings (SSSR count). The highest BCUT2D eigenvalue weighted by molar-refractivity contribution is 5.28. The van der Waals surface area contributed by atoms with Gasteiger partial charge in [0.2, 0.25) is 0 Å². The van der Waals surface area contributed by atoms with Crippen LogP contribution in [0.3, 0.4) is 0 Å². The molecule has 2 fully saturated rings. The van der Waals surface area contributed by atoms with Crippen LogP contribution in [-0.2, 0) is 0 Å². The van der Waals surface area contributed by atoms with Crippen LogP contribution in [0.2, 0.25) is 0 Å². The molecule has 0 aliphatic heterocycles. The van der Waals surface area contributed by atoms with Crippen LogP contribution in [-0.4, -0.2) is 0 Å². The summed E-state index contributed by atoms with van der Waals surface area (Å²) in [5.74, 6) is 4.96. The van der Waals surface area contributed by atoms with Gasteiger partial charge in [0.15, 0.2) is 0 Å². The normalized spacial score (nSPS) is 52.5. The molecule has 15 heavy (non-hydrogen) atoms. The van der Waals surface area contributed by atoms with Crippen LogP contribution in [0.15, 0.2) is 11.6 Å². The van der Waals surface area contributed by atoms with E-state index in [9.17, 15) is 0 Å². The fourth-order valence-corrected chi connectivity index (χ4v) is 5.25. The molecule has 84 valence electrons. The Balaban J connectivity index is 1.95. The summed E-state index contributed by atoms with van der Waals surface area (Å²) in [6, 6.07) is 0. The molecule has 0 nitrogen and oxygen atoms in total. The number of allylic oxidation sites excluding steroid dienone is 2. The van der Waals surface area contributed by atoms with Crippen molar-refractivity contribution >= 4 is 0 Å². The molecule has 4 bridgehead atoms. The van der Waals surface area contributed by atoms with E-state index >= 15 is 0 Å². The maximum Gasteiger partial charge on any atom is -0.0115 e. The van der Waals surface area contributed by atoms with E-state index < -0.39 is 0 Å². The summed E-state index contributed by atoms with van der Waals surface area (Å²) in [5.41, 5.74) is 2.42. The molecule has 0 aromatic rings. The van der Waals surface area contributed by atoms with Crippen LogP contribution in [0.4, 0.5) is 0 Å². The predicted molar refractivity (Wildman–Crippen MR) is 64.5 cm³/mol. The molecular formula is C15H24. The van der Waals surface area contributed by atoms with Gasteiger partial charge >= 0.3 is 0 Å². The lowest BCUT2D eigenvalue weighted by atomic mass is 9.34. The maximum absolute atomic E-state index is 2.56. The molecule has 4 aliphatic carbocycles. The van der Waals surface area contributed by atoms with Crippen LogP contribution in [0.1, 0.15) is 47.0 Å². The van der Waals surface area contributed by atoms with Crippen LogP contribution >= 0.6 is 0 Å². The zero-order chi connectivity index (χ0) is 10.8. The second kappa shape index (κ2) is 2.90.